The van der Waals surface area contributed by atoms with Crippen molar-refractivity contribution in [1.29, 1.82) is 0 Å². The van der Waals surface area contributed by atoms with Gasteiger partial charge < -0.3 is 14.4 Å². The molecule has 0 spiro atoms. The van der Waals surface area contributed by atoms with Crippen molar-refractivity contribution in [2.75, 3.05) is 20.4 Å². The Balaban J connectivity index is 2.01. The fraction of sp³-hybridized carbons (Fsp3) is 0.235. The lowest BCUT2D eigenvalue weighted by molar-refractivity contribution is 0.0781. The number of nitrogens with zero attached hydrogens (tertiary/aromatic N) is 1. The summed E-state index contributed by atoms with van der Waals surface area (Å²) in [6, 6.07) is 9.86. The normalized spacial score (nSPS) is 15.9. The van der Waals surface area contributed by atoms with Crippen LogP contribution in [-0.4, -0.2) is 31.2 Å². The molecule has 0 aromatic heterocycles. The third-order valence-electron chi connectivity index (χ3n) is 4.15. The molecule has 22 heavy (non-hydrogen) atoms. The van der Waals surface area contributed by atoms with Gasteiger partial charge in [0.25, 0.3) is 5.91 Å². The van der Waals surface area contributed by atoms with Gasteiger partial charge in [0.1, 0.15) is 0 Å². The maximum Gasteiger partial charge on any atom is 0.254 e. The molecule has 0 saturated carbocycles. The highest BCUT2D eigenvalue weighted by molar-refractivity contribution is 9.10. The molecule has 1 amide bonds. The molecule has 0 bridgehead atoms. The Kier molecular flexibility index (Phi) is 3.11. The van der Waals surface area contributed by atoms with Crippen LogP contribution in [0.4, 0.5) is 0 Å². The van der Waals surface area contributed by atoms with Crippen molar-refractivity contribution in [2.24, 2.45) is 0 Å². The first-order chi connectivity index (χ1) is 10.6. The highest BCUT2D eigenvalue weighted by atomic mass is 79.9. The van der Waals surface area contributed by atoms with E-state index >= 15 is 0 Å². The molecule has 4 nitrogen and oxygen atoms in total. The predicted molar refractivity (Wildman–Crippen MR) is 86.4 cm³/mol. The van der Waals surface area contributed by atoms with E-state index in [0.29, 0.717) is 5.75 Å². The lowest BCUT2D eigenvalue weighted by atomic mass is 9.89. The van der Waals surface area contributed by atoms with E-state index in [4.69, 9.17) is 9.47 Å². The van der Waals surface area contributed by atoms with Crippen LogP contribution >= 0.6 is 15.9 Å². The number of hydrogen-bond acceptors (Lipinski definition) is 3. The van der Waals surface area contributed by atoms with Gasteiger partial charge >= 0.3 is 0 Å². The van der Waals surface area contributed by atoms with Crippen LogP contribution in [0.15, 0.2) is 34.8 Å². The summed E-state index contributed by atoms with van der Waals surface area (Å²) in [5, 5.41) is 0. The van der Waals surface area contributed by atoms with Crippen molar-refractivity contribution in [3.8, 4) is 22.6 Å². The molecule has 0 fully saturated rings. The largest absolute Gasteiger partial charge is 0.454 e. The Morgan fingerprint density at radius 3 is 2.68 bits per heavy atom. The molecule has 0 unspecified atom stereocenters. The van der Waals surface area contributed by atoms with Gasteiger partial charge in [0.15, 0.2) is 11.5 Å². The Morgan fingerprint density at radius 1 is 1.14 bits per heavy atom. The minimum Gasteiger partial charge on any atom is -0.454 e. The smallest absolute Gasteiger partial charge is 0.254 e. The number of carbonyl (C=O) groups excluding carboxylic acids is 1. The van der Waals surface area contributed by atoms with E-state index in [-0.39, 0.29) is 12.7 Å². The minimum atomic E-state index is 0.0393. The van der Waals surface area contributed by atoms with Gasteiger partial charge in [0.05, 0.1) is 5.56 Å². The van der Waals surface area contributed by atoms with Crippen LogP contribution in [0.3, 0.4) is 0 Å². The molecule has 0 radical (unpaired) electrons. The molecule has 4 rings (SSSR count). The molecule has 2 aromatic rings. The summed E-state index contributed by atoms with van der Waals surface area (Å²) < 4.78 is 12.2. The zero-order valence-electron chi connectivity index (χ0n) is 12.1. The van der Waals surface area contributed by atoms with Gasteiger partial charge in [-0.2, -0.15) is 0 Å². The highest BCUT2D eigenvalue weighted by Gasteiger charge is 2.32. The van der Waals surface area contributed by atoms with Gasteiger partial charge in [0, 0.05) is 23.6 Å². The maximum absolute atomic E-state index is 12.7. The number of ether oxygens (including phenoxy) is 2. The number of fused-ring (bicyclic) bond motifs is 2. The summed E-state index contributed by atoms with van der Waals surface area (Å²) in [6.45, 7) is 0.928. The Bertz CT molecular complexity index is 770. The fourth-order valence-corrected chi connectivity index (χ4v) is 3.27. The molecule has 5 heteroatoms. The molecule has 2 aromatic carbocycles. The maximum atomic E-state index is 12.7. The van der Waals surface area contributed by atoms with Gasteiger partial charge in [-0.25, -0.2) is 0 Å². The zero-order valence-corrected chi connectivity index (χ0v) is 13.6. The monoisotopic (exact) mass is 359 g/mol. The van der Waals surface area contributed by atoms with Crippen LogP contribution in [0.25, 0.3) is 11.1 Å². The van der Waals surface area contributed by atoms with Crippen LogP contribution in [0.5, 0.6) is 11.5 Å². The number of benzene rings is 2. The number of likely N-dealkylation sites (N-methyl/N-ethyl adjacent to an activating group) is 1. The van der Waals surface area contributed by atoms with Gasteiger partial charge in [-0.05, 0) is 35.7 Å². The van der Waals surface area contributed by atoms with E-state index < -0.39 is 0 Å². The first-order valence-electron chi connectivity index (χ1n) is 7.12. The van der Waals surface area contributed by atoms with E-state index in [1.807, 2.05) is 37.4 Å². The zero-order chi connectivity index (χ0) is 15.3. The number of halogens is 1. The summed E-state index contributed by atoms with van der Waals surface area (Å²) in [7, 11) is 1.83. The van der Waals surface area contributed by atoms with Gasteiger partial charge in [-0.15, -0.1) is 0 Å². The van der Waals surface area contributed by atoms with E-state index in [2.05, 4.69) is 15.9 Å². The number of carbonyl (C=O) groups is 1. The average Bonchev–Trinajstić information content (AvgIpc) is 2.98. The SMILES string of the molecule is CN1CCc2cc3c(c(-c4ccc(Br)cc4)c2C1=O)OCO3. The van der Waals surface area contributed by atoms with Crippen molar-refractivity contribution < 1.29 is 14.3 Å². The Hall–Kier alpha value is -2.01. The Labute approximate surface area is 136 Å². The molecular weight excluding hydrogens is 346 g/mol. The number of amides is 1. The van der Waals surface area contributed by atoms with E-state index in [9.17, 15) is 4.79 Å². The lowest BCUT2D eigenvalue weighted by Crippen LogP contribution is -2.34. The predicted octanol–water partition coefficient (Wildman–Crippen LogP) is 3.47. The molecule has 2 aliphatic heterocycles. The van der Waals surface area contributed by atoms with Crippen molar-refractivity contribution in [1.82, 2.24) is 4.90 Å². The van der Waals surface area contributed by atoms with Crippen LogP contribution in [0.2, 0.25) is 0 Å². The summed E-state index contributed by atoms with van der Waals surface area (Å²) in [5.74, 6) is 1.44. The van der Waals surface area contributed by atoms with Crippen molar-refractivity contribution >= 4 is 21.8 Å². The third-order valence-corrected chi connectivity index (χ3v) is 4.68. The highest BCUT2D eigenvalue weighted by Crippen LogP contribution is 2.46. The minimum absolute atomic E-state index is 0.0393. The lowest BCUT2D eigenvalue weighted by Gasteiger charge is -2.27. The summed E-state index contributed by atoms with van der Waals surface area (Å²) in [6.07, 6.45) is 0.831. The van der Waals surface area contributed by atoms with Crippen LogP contribution in [-0.2, 0) is 6.42 Å². The van der Waals surface area contributed by atoms with Gasteiger partial charge in [-0.1, -0.05) is 28.1 Å². The Morgan fingerprint density at radius 2 is 1.91 bits per heavy atom. The van der Waals surface area contributed by atoms with Crippen LogP contribution < -0.4 is 9.47 Å². The second-order valence-corrected chi connectivity index (χ2v) is 6.42. The molecule has 0 saturated heterocycles. The molecule has 112 valence electrons. The van der Waals surface area contributed by atoms with Crippen molar-refractivity contribution in [3.63, 3.8) is 0 Å². The standard InChI is InChI=1S/C17H14BrNO3/c1-19-7-6-11-8-13-16(22-9-21-13)14(15(11)17(19)20)10-2-4-12(18)5-3-10/h2-5,8H,6-7,9H2,1H3. The number of rotatable bonds is 1. The van der Waals surface area contributed by atoms with Crippen molar-refractivity contribution in [3.05, 3.63) is 45.9 Å². The average molecular weight is 360 g/mol. The first kappa shape index (κ1) is 13.6. The molecule has 2 heterocycles. The molecule has 0 N–H and O–H groups in total. The number of hydrogen-bond donors (Lipinski definition) is 0. The fourth-order valence-electron chi connectivity index (χ4n) is 3.01. The summed E-state index contributed by atoms with van der Waals surface area (Å²) in [4.78, 5) is 14.5. The molecule has 0 atom stereocenters. The van der Waals surface area contributed by atoms with Crippen LogP contribution in [0.1, 0.15) is 15.9 Å². The van der Waals surface area contributed by atoms with Crippen molar-refractivity contribution in [2.45, 2.75) is 6.42 Å². The van der Waals surface area contributed by atoms with E-state index in [0.717, 1.165) is 45.4 Å². The summed E-state index contributed by atoms with van der Waals surface area (Å²) in [5.41, 5.74) is 3.57. The van der Waals surface area contributed by atoms with E-state index in [1.54, 1.807) is 4.90 Å². The van der Waals surface area contributed by atoms with Gasteiger partial charge in [0.2, 0.25) is 6.79 Å². The topological polar surface area (TPSA) is 38.8 Å². The molecular formula is C17H14BrNO3. The second-order valence-electron chi connectivity index (χ2n) is 5.50. The molecule has 2 aliphatic rings. The van der Waals surface area contributed by atoms with Crippen LogP contribution in [0, 0.1) is 0 Å². The third kappa shape index (κ3) is 2.00. The van der Waals surface area contributed by atoms with Gasteiger partial charge in [-0.3, -0.25) is 4.79 Å². The quantitative estimate of drug-likeness (QED) is 0.782. The first-order valence-corrected chi connectivity index (χ1v) is 7.91. The molecule has 0 aliphatic carbocycles. The summed E-state index contributed by atoms with van der Waals surface area (Å²) >= 11 is 3.45. The second kappa shape index (κ2) is 5.02. The van der Waals surface area contributed by atoms with E-state index in [1.165, 1.54) is 0 Å².